The Morgan fingerprint density at radius 2 is 2.41 bits per heavy atom. The standard InChI is InChI=1S/C13H23N3O/c1-10(2)16-9-12(11(3)15-16)7-14-8-13-5-4-6-17-13/h9-10,13-14H,4-8H2,1-3H3/t13-/m0/s1. The molecule has 0 aliphatic carbocycles. The third kappa shape index (κ3) is 3.30. The minimum Gasteiger partial charge on any atom is -0.377 e. The van der Waals surface area contributed by atoms with Crippen LogP contribution >= 0.6 is 0 Å². The Morgan fingerprint density at radius 1 is 1.59 bits per heavy atom. The summed E-state index contributed by atoms with van der Waals surface area (Å²) >= 11 is 0. The molecule has 0 unspecified atom stereocenters. The van der Waals surface area contributed by atoms with Crippen LogP contribution in [0, 0.1) is 6.92 Å². The lowest BCUT2D eigenvalue weighted by atomic mass is 10.2. The van der Waals surface area contributed by atoms with Gasteiger partial charge in [-0.05, 0) is 33.6 Å². The number of nitrogens with zero attached hydrogens (tertiary/aromatic N) is 2. The highest BCUT2D eigenvalue weighted by atomic mass is 16.5. The lowest BCUT2D eigenvalue weighted by Gasteiger charge is -2.10. The number of aryl methyl sites for hydroxylation is 1. The monoisotopic (exact) mass is 237 g/mol. The smallest absolute Gasteiger partial charge is 0.0700 e. The van der Waals surface area contributed by atoms with E-state index in [-0.39, 0.29) is 0 Å². The highest BCUT2D eigenvalue weighted by Crippen LogP contribution is 2.12. The molecule has 1 aliphatic heterocycles. The van der Waals surface area contributed by atoms with Crippen molar-refractivity contribution in [2.75, 3.05) is 13.2 Å². The third-order valence-corrected chi connectivity index (χ3v) is 3.26. The Kier molecular flexibility index (Phi) is 4.18. The van der Waals surface area contributed by atoms with Crippen LogP contribution in [-0.2, 0) is 11.3 Å². The minimum atomic E-state index is 0.412. The van der Waals surface area contributed by atoms with Crippen LogP contribution in [0.3, 0.4) is 0 Å². The molecule has 0 spiro atoms. The maximum absolute atomic E-state index is 5.58. The maximum Gasteiger partial charge on any atom is 0.0700 e. The van der Waals surface area contributed by atoms with Gasteiger partial charge in [-0.1, -0.05) is 0 Å². The van der Waals surface area contributed by atoms with Crippen LogP contribution in [0.4, 0.5) is 0 Å². The number of hydrogen-bond acceptors (Lipinski definition) is 3. The molecule has 1 saturated heterocycles. The molecule has 0 aromatic carbocycles. The van der Waals surface area contributed by atoms with E-state index in [1.165, 1.54) is 18.4 Å². The second kappa shape index (κ2) is 5.65. The van der Waals surface area contributed by atoms with Crippen molar-refractivity contribution in [2.45, 2.75) is 52.3 Å². The number of aromatic nitrogens is 2. The van der Waals surface area contributed by atoms with Crippen molar-refractivity contribution in [3.63, 3.8) is 0 Å². The Morgan fingerprint density at radius 3 is 3.00 bits per heavy atom. The molecular formula is C13H23N3O. The highest BCUT2D eigenvalue weighted by molar-refractivity contribution is 5.15. The molecule has 96 valence electrons. The van der Waals surface area contributed by atoms with Crippen LogP contribution in [0.2, 0.25) is 0 Å². The van der Waals surface area contributed by atoms with Crippen LogP contribution in [0.5, 0.6) is 0 Å². The molecule has 0 amide bonds. The van der Waals surface area contributed by atoms with Crippen molar-refractivity contribution >= 4 is 0 Å². The van der Waals surface area contributed by atoms with Gasteiger partial charge in [0.2, 0.25) is 0 Å². The zero-order chi connectivity index (χ0) is 12.3. The van der Waals surface area contributed by atoms with Crippen molar-refractivity contribution < 1.29 is 4.74 Å². The fourth-order valence-corrected chi connectivity index (χ4v) is 2.13. The molecule has 1 aromatic rings. The van der Waals surface area contributed by atoms with Gasteiger partial charge < -0.3 is 10.1 Å². The first-order valence-corrected chi connectivity index (χ1v) is 6.53. The summed E-state index contributed by atoms with van der Waals surface area (Å²) < 4.78 is 7.61. The van der Waals surface area contributed by atoms with Crippen LogP contribution < -0.4 is 5.32 Å². The van der Waals surface area contributed by atoms with E-state index < -0.39 is 0 Å². The van der Waals surface area contributed by atoms with E-state index in [9.17, 15) is 0 Å². The summed E-state index contributed by atoms with van der Waals surface area (Å²) in [5, 5.41) is 7.96. The number of ether oxygens (including phenoxy) is 1. The van der Waals surface area contributed by atoms with Gasteiger partial charge in [0.1, 0.15) is 0 Å². The first-order valence-electron chi connectivity index (χ1n) is 6.53. The van der Waals surface area contributed by atoms with Gasteiger partial charge in [0.25, 0.3) is 0 Å². The lowest BCUT2D eigenvalue weighted by molar-refractivity contribution is 0.110. The van der Waals surface area contributed by atoms with E-state index in [2.05, 4.69) is 37.4 Å². The predicted octanol–water partition coefficient (Wildman–Crippen LogP) is 2.04. The number of hydrogen-bond donors (Lipinski definition) is 1. The molecule has 0 bridgehead atoms. The van der Waals surface area contributed by atoms with Gasteiger partial charge >= 0.3 is 0 Å². The van der Waals surface area contributed by atoms with Crippen LogP contribution in [0.1, 0.15) is 44.0 Å². The van der Waals surface area contributed by atoms with E-state index in [1.54, 1.807) is 0 Å². The average molecular weight is 237 g/mol. The van der Waals surface area contributed by atoms with Gasteiger partial charge in [0, 0.05) is 37.5 Å². The van der Waals surface area contributed by atoms with Gasteiger partial charge in [-0.25, -0.2) is 0 Å². The van der Waals surface area contributed by atoms with E-state index >= 15 is 0 Å². The molecule has 2 heterocycles. The van der Waals surface area contributed by atoms with Gasteiger partial charge in [0.15, 0.2) is 0 Å². The fourth-order valence-electron chi connectivity index (χ4n) is 2.13. The van der Waals surface area contributed by atoms with E-state index in [4.69, 9.17) is 4.74 Å². The summed E-state index contributed by atoms with van der Waals surface area (Å²) in [4.78, 5) is 0. The SMILES string of the molecule is Cc1nn(C(C)C)cc1CNC[C@@H]1CCCO1. The third-order valence-electron chi connectivity index (χ3n) is 3.26. The van der Waals surface area contributed by atoms with Gasteiger partial charge in [0.05, 0.1) is 11.8 Å². The molecule has 1 fully saturated rings. The largest absolute Gasteiger partial charge is 0.377 e. The molecule has 2 rings (SSSR count). The minimum absolute atomic E-state index is 0.412. The van der Waals surface area contributed by atoms with Gasteiger partial charge in [-0.15, -0.1) is 0 Å². The van der Waals surface area contributed by atoms with Crippen LogP contribution in [0.15, 0.2) is 6.20 Å². The molecule has 1 N–H and O–H groups in total. The molecule has 1 aromatic heterocycles. The molecule has 17 heavy (non-hydrogen) atoms. The second-order valence-corrected chi connectivity index (χ2v) is 5.08. The summed E-state index contributed by atoms with van der Waals surface area (Å²) in [7, 11) is 0. The second-order valence-electron chi connectivity index (χ2n) is 5.08. The highest BCUT2D eigenvalue weighted by Gasteiger charge is 2.15. The summed E-state index contributed by atoms with van der Waals surface area (Å²) in [6.07, 6.45) is 4.95. The molecular weight excluding hydrogens is 214 g/mol. The average Bonchev–Trinajstić information content (AvgIpc) is 2.89. The zero-order valence-corrected chi connectivity index (χ0v) is 11.1. The Balaban J connectivity index is 1.81. The summed E-state index contributed by atoms with van der Waals surface area (Å²) in [6.45, 7) is 9.13. The van der Waals surface area contributed by atoms with E-state index in [0.717, 1.165) is 25.4 Å². The summed E-state index contributed by atoms with van der Waals surface area (Å²) in [5.41, 5.74) is 2.41. The van der Waals surface area contributed by atoms with Gasteiger partial charge in [-0.3, -0.25) is 4.68 Å². The quantitative estimate of drug-likeness (QED) is 0.852. The van der Waals surface area contributed by atoms with Crippen molar-refractivity contribution in [2.24, 2.45) is 0 Å². The molecule has 1 aliphatic rings. The Hall–Kier alpha value is -0.870. The van der Waals surface area contributed by atoms with Crippen LogP contribution in [0.25, 0.3) is 0 Å². The fraction of sp³-hybridized carbons (Fsp3) is 0.769. The molecule has 1 atom stereocenters. The Labute approximate surface area is 103 Å². The van der Waals surface area contributed by atoms with Crippen molar-refractivity contribution in [1.29, 1.82) is 0 Å². The first kappa shape index (κ1) is 12.6. The van der Waals surface area contributed by atoms with E-state index in [0.29, 0.717) is 12.1 Å². The molecule has 0 saturated carbocycles. The van der Waals surface area contributed by atoms with Crippen LogP contribution in [-0.4, -0.2) is 29.0 Å². The van der Waals surface area contributed by atoms with Crippen molar-refractivity contribution in [3.05, 3.63) is 17.5 Å². The number of nitrogens with one attached hydrogen (secondary N) is 1. The molecule has 0 radical (unpaired) electrons. The summed E-state index contributed by atoms with van der Waals surface area (Å²) in [5.74, 6) is 0. The normalized spacial score (nSPS) is 20.4. The number of rotatable bonds is 5. The first-order chi connectivity index (χ1) is 8.16. The van der Waals surface area contributed by atoms with E-state index in [1.807, 2.05) is 4.68 Å². The van der Waals surface area contributed by atoms with Crippen molar-refractivity contribution in [3.8, 4) is 0 Å². The molecule has 4 heteroatoms. The molecule has 4 nitrogen and oxygen atoms in total. The maximum atomic E-state index is 5.58. The zero-order valence-electron chi connectivity index (χ0n) is 11.1. The lowest BCUT2D eigenvalue weighted by Crippen LogP contribution is -2.25. The Bertz CT molecular complexity index is 354. The van der Waals surface area contributed by atoms with Crippen molar-refractivity contribution in [1.82, 2.24) is 15.1 Å². The van der Waals surface area contributed by atoms with Gasteiger partial charge in [-0.2, -0.15) is 5.10 Å². The topological polar surface area (TPSA) is 39.1 Å². The summed E-state index contributed by atoms with van der Waals surface area (Å²) in [6, 6.07) is 0.431. The predicted molar refractivity (Wildman–Crippen MR) is 68.0 cm³/mol.